The van der Waals surface area contributed by atoms with Crippen LogP contribution in [0.1, 0.15) is 175 Å². The first-order chi connectivity index (χ1) is 25.3. The Bertz CT molecular complexity index is 569. The van der Waals surface area contributed by atoms with Gasteiger partial charge in [-0.05, 0) is 85.2 Å². The molecule has 0 aromatic heterocycles. The fourth-order valence-corrected chi connectivity index (χ4v) is 6.41. The number of rotatable bonds is 46. The Hall–Kier alpha value is -0.320. The molecule has 4 N–H and O–H groups in total. The van der Waals surface area contributed by atoms with E-state index in [2.05, 4.69) is 49.0 Å². The van der Waals surface area contributed by atoms with E-state index in [1.54, 1.807) is 0 Å². The van der Waals surface area contributed by atoms with Gasteiger partial charge in [0.1, 0.15) is 0 Å². The molecule has 0 saturated heterocycles. The molecule has 0 saturated carbocycles. The largest absolute Gasteiger partial charge is 0.379 e. The summed E-state index contributed by atoms with van der Waals surface area (Å²) in [6, 6.07) is 0. The standard InChI is InChI=1S/C43H92N4O4/c1-5-9-11-13-15-17-19-21-23-25-36-48-40-42(50-7-3)38-46-34-28-32-44-30-27-31-45-33-29-35-47-39-43(51-8-4)41-49-37-26-24-22-20-18-16-14-12-10-6-2/h42-47H,5-41H2,1-4H3. The van der Waals surface area contributed by atoms with Gasteiger partial charge in [-0.25, -0.2) is 0 Å². The molecule has 0 aliphatic rings. The SMILES string of the molecule is CCCCCCCCCCCCOCC(CNCCCNCCCNCCCNCC(COCCCCCCCCCCCC)OCC)OCC. The number of nitrogens with one attached hydrogen (secondary N) is 4. The zero-order valence-electron chi connectivity index (χ0n) is 35.0. The molecule has 2 atom stereocenters. The van der Waals surface area contributed by atoms with Crippen LogP contribution in [0.25, 0.3) is 0 Å². The molecule has 0 heterocycles. The average Bonchev–Trinajstić information content (AvgIpc) is 3.13. The summed E-state index contributed by atoms with van der Waals surface area (Å²) in [6.07, 6.45) is 30.9. The normalized spacial score (nSPS) is 12.9. The van der Waals surface area contributed by atoms with Gasteiger partial charge in [0.15, 0.2) is 0 Å². The predicted octanol–water partition coefficient (Wildman–Crippen LogP) is 9.20. The highest BCUT2D eigenvalue weighted by Gasteiger charge is 2.09. The smallest absolute Gasteiger partial charge is 0.0932 e. The topological polar surface area (TPSA) is 85.0 Å². The molecule has 51 heavy (non-hydrogen) atoms. The summed E-state index contributed by atoms with van der Waals surface area (Å²) in [4.78, 5) is 0. The minimum atomic E-state index is 0.150. The van der Waals surface area contributed by atoms with Crippen molar-refractivity contribution >= 4 is 0 Å². The number of hydrogen-bond acceptors (Lipinski definition) is 8. The van der Waals surface area contributed by atoms with Gasteiger partial charge in [-0.15, -0.1) is 0 Å². The second-order valence-electron chi connectivity index (χ2n) is 14.6. The third-order valence-corrected chi connectivity index (χ3v) is 9.56. The lowest BCUT2D eigenvalue weighted by atomic mass is 10.1. The molecule has 0 rings (SSSR count). The predicted molar refractivity (Wildman–Crippen MR) is 221 cm³/mol. The van der Waals surface area contributed by atoms with Crippen LogP contribution in [0.3, 0.4) is 0 Å². The van der Waals surface area contributed by atoms with Crippen molar-refractivity contribution in [2.24, 2.45) is 0 Å². The molecule has 0 aromatic carbocycles. The number of hydrogen-bond donors (Lipinski definition) is 4. The quantitative estimate of drug-likeness (QED) is 0.0462. The first kappa shape index (κ1) is 50.7. The third-order valence-electron chi connectivity index (χ3n) is 9.56. The maximum absolute atomic E-state index is 5.95. The number of ether oxygens (including phenoxy) is 4. The molecule has 8 nitrogen and oxygen atoms in total. The van der Waals surface area contributed by atoms with E-state index in [0.717, 1.165) is 98.0 Å². The molecule has 308 valence electrons. The summed E-state index contributed by atoms with van der Waals surface area (Å²) >= 11 is 0. The van der Waals surface area contributed by atoms with Crippen LogP contribution in [-0.4, -0.2) is 104 Å². The Kier molecular flexibility index (Phi) is 45.5. The first-order valence-corrected chi connectivity index (χ1v) is 22.5. The summed E-state index contributed by atoms with van der Waals surface area (Å²) in [6.45, 7) is 21.3. The van der Waals surface area contributed by atoms with Gasteiger partial charge in [-0.2, -0.15) is 0 Å². The molecule has 0 bridgehead atoms. The van der Waals surface area contributed by atoms with Crippen molar-refractivity contribution < 1.29 is 18.9 Å². The third kappa shape index (κ3) is 42.3. The molecule has 0 spiro atoms. The van der Waals surface area contributed by atoms with Crippen molar-refractivity contribution in [3.8, 4) is 0 Å². The van der Waals surface area contributed by atoms with Crippen LogP contribution in [0.15, 0.2) is 0 Å². The van der Waals surface area contributed by atoms with Crippen molar-refractivity contribution in [1.29, 1.82) is 0 Å². The van der Waals surface area contributed by atoms with Gasteiger partial charge in [0, 0.05) is 39.5 Å². The second kappa shape index (κ2) is 45.8. The van der Waals surface area contributed by atoms with Gasteiger partial charge in [0.2, 0.25) is 0 Å². The first-order valence-electron chi connectivity index (χ1n) is 22.5. The molecular formula is C43H92N4O4. The van der Waals surface area contributed by atoms with Crippen molar-refractivity contribution in [3.05, 3.63) is 0 Å². The van der Waals surface area contributed by atoms with E-state index in [4.69, 9.17) is 18.9 Å². The van der Waals surface area contributed by atoms with E-state index in [0.29, 0.717) is 13.2 Å². The van der Waals surface area contributed by atoms with Gasteiger partial charge < -0.3 is 40.2 Å². The van der Waals surface area contributed by atoms with Crippen LogP contribution in [0.2, 0.25) is 0 Å². The van der Waals surface area contributed by atoms with Crippen LogP contribution < -0.4 is 21.3 Å². The molecular weight excluding hydrogens is 636 g/mol. The lowest BCUT2D eigenvalue weighted by Gasteiger charge is -2.18. The van der Waals surface area contributed by atoms with Gasteiger partial charge in [-0.3, -0.25) is 0 Å². The highest BCUT2D eigenvalue weighted by atomic mass is 16.5. The Morgan fingerprint density at radius 1 is 0.333 bits per heavy atom. The fraction of sp³-hybridized carbons (Fsp3) is 1.00. The van der Waals surface area contributed by atoms with Gasteiger partial charge in [0.05, 0.1) is 25.4 Å². The molecule has 0 aliphatic heterocycles. The van der Waals surface area contributed by atoms with Gasteiger partial charge in [-0.1, -0.05) is 129 Å². The fourth-order valence-electron chi connectivity index (χ4n) is 6.41. The van der Waals surface area contributed by atoms with E-state index in [1.165, 1.54) is 128 Å². The van der Waals surface area contributed by atoms with Crippen molar-refractivity contribution in [2.75, 3.05) is 92.0 Å². The van der Waals surface area contributed by atoms with Gasteiger partial charge >= 0.3 is 0 Å². The van der Waals surface area contributed by atoms with Crippen LogP contribution >= 0.6 is 0 Å². The molecule has 0 amide bonds. The highest BCUT2D eigenvalue weighted by molar-refractivity contribution is 4.64. The van der Waals surface area contributed by atoms with E-state index in [1.807, 2.05) is 0 Å². The summed E-state index contributed by atoms with van der Waals surface area (Å²) < 4.78 is 23.7. The molecule has 0 fully saturated rings. The van der Waals surface area contributed by atoms with Crippen molar-refractivity contribution in [1.82, 2.24) is 21.3 Å². The molecule has 0 radical (unpaired) electrons. The Balaban J connectivity index is 3.49. The maximum Gasteiger partial charge on any atom is 0.0932 e. The van der Waals surface area contributed by atoms with E-state index in [-0.39, 0.29) is 12.2 Å². The maximum atomic E-state index is 5.95. The van der Waals surface area contributed by atoms with Crippen molar-refractivity contribution in [2.45, 2.75) is 188 Å². The Morgan fingerprint density at radius 2 is 0.627 bits per heavy atom. The summed E-state index contributed by atoms with van der Waals surface area (Å²) in [5, 5.41) is 14.3. The average molecular weight is 729 g/mol. The zero-order valence-corrected chi connectivity index (χ0v) is 35.0. The summed E-state index contributed by atoms with van der Waals surface area (Å²) in [5.41, 5.74) is 0. The number of unbranched alkanes of at least 4 members (excludes halogenated alkanes) is 18. The molecule has 0 aliphatic carbocycles. The molecule has 8 heteroatoms. The van der Waals surface area contributed by atoms with Crippen LogP contribution in [0.5, 0.6) is 0 Å². The highest BCUT2D eigenvalue weighted by Crippen LogP contribution is 2.12. The van der Waals surface area contributed by atoms with Crippen molar-refractivity contribution in [3.63, 3.8) is 0 Å². The van der Waals surface area contributed by atoms with E-state index < -0.39 is 0 Å². The lowest BCUT2D eigenvalue weighted by molar-refractivity contribution is -0.0113. The van der Waals surface area contributed by atoms with Crippen LogP contribution in [0, 0.1) is 0 Å². The Labute approximate surface area is 319 Å². The minimum Gasteiger partial charge on any atom is -0.379 e. The van der Waals surface area contributed by atoms with Crippen LogP contribution in [0.4, 0.5) is 0 Å². The van der Waals surface area contributed by atoms with E-state index >= 15 is 0 Å². The second-order valence-corrected chi connectivity index (χ2v) is 14.6. The molecule has 0 aromatic rings. The Morgan fingerprint density at radius 3 is 0.941 bits per heavy atom. The van der Waals surface area contributed by atoms with Gasteiger partial charge in [0.25, 0.3) is 0 Å². The summed E-state index contributed by atoms with van der Waals surface area (Å²) in [7, 11) is 0. The zero-order chi connectivity index (χ0) is 37.0. The van der Waals surface area contributed by atoms with E-state index in [9.17, 15) is 0 Å². The molecule has 2 unspecified atom stereocenters. The monoisotopic (exact) mass is 729 g/mol. The van der Waals surface area contributed by atoms with Crippen LogP contribution in [-0.2, 0) is 18.9 Å². The minimum absolute atomic E-state index is 0.150. The lowest BCUT2D eigenvalue weighted by Crippen LogP contribution is -2.35. The summed E-state index contributed by atoms with van der Waals surface area (Å²) in [5.74, 6) is 0.